The second-order valence-electron chi connectivity index (χ2n) is 7.27. The van der Waals surface area contributed by atoms with Crippen LogP contribution in [0.2, 0.25) is 0 Å². The lowest BCUT2D eigenvalue weighted by atomic mass is 9.94. The number of carbonyl (C=O) groups excluding carboxylic acids is 1. The van der Waals surface area contributed by atoms with Crippen molar-refractivity contribution in [2.45, 2.75) is 50.5 Å². The molecule has 1 aromatic carbocycles. The molecule has 0 unspecified atom stereocenters. The molecule has 27 heavy (non-hydrogen) atoms. The molecule has 7 heteroatoms. The second-order valence-corrected chi connectivity index (χ2v) is 7.27. The van der Waals surface area contributed by atoms with Crippen molar-refractivity contribution in [2.75, 3.05) is 20.8 Å². The molecule has 1 saturated heterocycles. The summed E-state index contributed by atoms with van der Waals surface area (Å²) in [6.07, 6.45) is 6.39. The van der Waals surface area contributed by atoms with E-state index < -0.39 is 0 Å². The molecule has 2 heterocycles. The largest absolute Gasteiger partial charge is 0.493 e. The third-order valence-electron chi connectivity index (χ3n) is 5.61. The van der Waals surface area contributed by atoms with Crippen LogP contribution in [0.5, 0.6) is 11.5 Å². The van der Waals surface area contributed by atoms with Crippen LogP contribution in [0.15, 0.2) is 22.7 Å². The molecule has 1 atom stereocenters. The highest BCUT2D eigenvalue weighted by molar-refractivity contribution is 5.80. The van der Waals surface area contributed by atoms with E-state index in [1.807, 2.05) is 23.1 Å². The Labute approximate surface area is 158 Å². The Morgan fingerprint density at radius 1 is 1.11 bits per heavy atom. The molecule has 0 spiro atoms. The summed E-state index contributed by atoms with van der Waals surface area (Å²) < 4.78 is 16.1. The van der Waals surface area contributed by atoms with Crippen LogP contribution >= 0.6 is 0 Å². The monoisotopic (exact) mass is 371 g/mol. The molecule has 1 aliphatic heterocycles. The van der Waals surface area contributed by atoms with Crippen molar-refractivity contribution in [1.29, 1.82) is 0 Å². The summed E-state index contributed by atoms with van der Waals surface area (Å²) in [7, 11) is 3.18. The fraction of sp³-hybridized carbons (Fsp3) is 0.550. The molecule has 2 aromatic rings. The Hall–Kier alpha value is -2.57. The first kappa shape index (κ1) is 17.8. The van der Waals surface area contributed by atoms with Gasteiger partial charge in [0.2, 0.25) is 5.91 Å². The van der Waals surface area contributed by atoms with Gasteiger partial charge in [0, 0.05) is 30.5 Å². The Kier molecular flexibility index (Phi) is 5.01. The van der Waals surface area contributed by atoms with Gasteiger partial charge in [-0.15, -0.1) is 0 Å². The fourth-order valence-electron chi connectivity index (χ4n) is 4.14. The van der Waals surface area contributed by atoms with E-state index in [1.54, 1.807) is 14.2 Å². The minimum Gasteiger partial charge on any atom is -0.493 e. The van der Waals surface area contributed by atoms with E-state index in [1.165, 1.54) is 19.3 Å². The molecular formula is C20H25N3O4. The maximum atomic E-state index is 12.5. The SMILES string of the molecule is COc1ccc(-c2nc([C@H]3CC(=O)N(C4CCCCC4)C3)no2)cc1OC. The number of hydrogen-bond acceptors (Lipinski definition) is 6. The lowest BCUT2D eigenvalue weighted by molar-refractivity contribution is -0.130. The number of carbonyl (C=O) groups is 1. The average Bonchev–Trinajstić information content (AvgIpc) is 3.35. The van der Waals surface area contributed by atoms with Crippen LogP contribution in [0.25, 0.3) is 11.5 Å². The zero-order chi connectivity index (χ0) is 18.8. The smallest absolute Gasteiger partial charge is 0.258 e. The second kappa shape index (κ2) is 7.58. The van der Waals surface area contributed by atoms with E-state index in [0.717, 1.165) is 18.4 Å². The molecule has 144 valence electrons. The highest BCUT2D eigenvalue weighted by Crippen LogP contribution is 2.35. The van der Waals surface area contributed by atoms with E-state index in [2.05, 4.69) is 10.1 Å². The van der Waals surface area contributed by atoms with Gasteiger partial charge in [-0.2, -0.15) is 4.98 Å². The standard InChI is InChI=1S/C20H25N3O4/c1-25-16-9-8-13(10-17(16)26-2)20-21-19(22-27-20)14-11-18(24)23(12-14)15-6-4-3-5-7-15/h8-10,14-15H,3-7,11-12H2,1-2H3/t14-/m0/s1. The maximum absolute atomic E-state index is 12.5. The van der Waals surface area contributed by atoms with Crippen molar-refractivity contribution in [3.05, 3.63) is 24.0 Å². The number of amides is 1. The van der Waals surface area contributed by atoms with Crippen LogP contribution in [-0.4, -0.2) is 47.8 Å². The molecule has 1 saturated carbocycles. The van der Waals surface area contributed by atoms with Gasteiger partial charge in [0.05, 0.1) is 14.2 Å². The van der Waals surface area contributed by atoms with Crippen molar-refractivity contribution in [3.63, 3.8) is 0 Å². The van der Waals surface area contributed by atoms with Gasteiger partial charge >= 0.3 is 0 Å². The third kappa shape index (κ3) is 3.50. The summed E-state index contributed by atoms with van der Waals surface area (Å²) in [6, 6.07) is 5.85. The van der Waals surface area contributed by atoms with Crippen LogP contribution in [0.4, 0.5) is 0 Å². The summed E-state index contributed by atoms with van der Waals surface area (Å²) in [5.41, 5.74) is 0.764. The normalized spacial score (nSPS) is 20.9. The van der Waals surface area contributed by atoms with Gasteiger partial charge in [0.15, 0.2) is 17.3 Å². The first-order valence-corrected chi connectivity index (χ1v) is 9.55. The summed E-state index contributed by atoms with van der Waals surface area (Å²) in [5.74, 6) is 2.49. The molecule has 1 aliphatic carbocycles. The number of nitrogens with zero attached hydrogens (tertiary/aromatic N) is 3. The topological polar surface area (TPSA) is 77.7 Å². The van der Waals surface area contributed by atoms with Gasteiger partial charge in [-0.3, -0.25) is 4.79 Å². The molecule has 0 bridgehead atoms. The maximum Gasteiger partial charge on any atom is 0.258 e. The highest BCUT2D eigenvalue weighted by atomic mass is 16.5. The minimum absolute atomic E-state index is 0.00271. The zero-order valence-electron chi connectivity index (χ0n) is 15.8. The van der Waals surface area contributed by atoms with Crippen molar-refractivity contribution < 1.29 is 18.8 Å². The Balaban J connectivity index is 1.50. The third-order valence-corrected chi connectivity index (χ3v) is 5.61. The number of hydrogen-bond donors (Lipinski definition) is 0. The number of likely N-dealkylation sites (tertiary alicyclic amines) is 1. The van der Waals surface area contributed by atoms with Crippen molar-refractivity contribution in [3.8, 4) is 23.0 Å². The molecule has 2 fully saturated rings. The first-order chi connectivity index (χ1) is 13.2. The number of aromatic nitrogens is 2. The van der Waals surface area contributed by atoms with E-state index in [9.17, 15) is 4.79 Å². The Bertz CT molecular complexity index is 813. The van der Waals surface area contributed by atoms with Gasteiger partial charge in [-0.05, 0) is 31.0 Å². The molecule has 4 rings (SSSR count). The van der Waals surface area contributed by atoms with Crippen LogP contribution in [0.3, 0.4) is 0 Å². The summed E-state index contributed by atoms with van der Waals surface area (Å²) in [6.45, 7) is 0.689. The molecule has 0 N–H and O–H groups in total. The lowest BCUT2D eigenvalue weighted by Gasteiger charge is -2.31. The molecule has 1 amide bonds. The first-order valence-electron chi connectivity index (χ1n) is 9.55. The highest BCUT2D eigenvalue weighted by Gasteiger charge is 2.37. The van der Waals surface area contributed by atoms with Crippen molar-refractivity contribution >= 4 is 5.91 Å². The number of benzene rings is 1. The molecule has 2 aliphatic rings. The van der Waals surface area contributed by atoms with Gasteiger partial charge in [0.1, 0.15) is 0 Å². The molecule has 0 radical (unpaired) electrons. The minimum atomic E-state index is -0.00271. The van der Waals surface area contributed by atoms with Crippen molar-refractivity contribution in [2.24, 2.45) is 0 Å². The van der Waals surface area contributed by atoms with Gasteiger partial charge in [-0.1, -0.05) is 24.4 Å². The van der Waals surface area contributed by atoms with Gasteiger partial charge < -0.3 is 18.9 Å². The Morgan fingerprint density at radius 2 is 1.89 bits per heavy atom. The number of methoxy groups -OCH3 is 2. The summed E-state index contributed by atoms with van der Waals surface area (Å²) >= 11 is 0. The van der Waals surface area contributed by atoms with Crippen molar-refractivity contribution in [1.82, 2.24) is 15.0 Å². The van der Waals surface area contributed by atoms with Crippen LogP contribution < -0.4 is 9.47 Å². The van der Waals surface area contributed by atoms with E-state index in [-0.39, 0.29) is 11.8 Å². The van der Waals surface area contributed by atoms with Gasteiger partial charge in [-0.25, -0.2) is 0 Å². The molecule has 7 nitrogen and oxygen atoms in total. The van der Waals surface area contributed by atoms with E-state index in [0.29, 0.717) is 42.2 Å². The number of ether oxygens (including phenoxy) is 2. The zero-order valence-corrected chi connectivity index (χ0v) is 15.8. The van der Waals surface area contributed by atoms with Crippen LogP contribution in [0.1, 0.15) is 50.3 Å². The quantitative estimate of drug-likeness (QED) is 0.802. The Morgan fingerprint density at radius 3 is 2.63 bits per heavy atom. The van der Waals surface area contributed by atoms with Crippen LogP contribution in [-0.2, 0) is 4.79 Å². The number of rotatable bonds is 5. The predicted octanol–water partition coefficient (Wildman–Crippen LogP) is 3.40. The average molecular weight is 371 g/mol. The summed E-state index contributed by atoms with van der Waals surface area (Å²) in [5, 5.41) is 4.15. The summed E-state index contributed by atoms with van der Waals surface area (Å²) in [4.78, 5) is 19.1. The predicted molar refractivity (Wildman–Crippen MR) is 98.8 cm³/mol. The lowest BCUT2D eigenvalue weighted by Crippen LogP contribution is -2.37. The molecular weight excluding hydrogens is 346 g/mol. The molecule has 1 aromatic heterocycles. The fourth-order valence-corrected chi connectivity index (χ4v) is 4.14. The van der Waals surface area contributed by atoms with Gasteiger partial charge in [0.25, 0.3) is 5.89 Å². The van der Waals surface area contributed by atoms with E-state index >= 15 is 0 Å². The van der Waals surface area contributed by atoms with E-state index in [4.69, 9.17) is 14.0 Å². The van der Waals surface area contributed by atoms with Crippen LogP contribution in [0, 0.1) is 0 Å².